The molecule has 0 radical (unpaired) electrons. The Bertz CT molecular complexity index is 108. The van der Waals surface area contributed by atoms with Crippen LogP contribution in [-0.2, 0) is 27.3 Å². The SMILES string of the molecule is CCCCNC(=S)SCCCC.[Cd]. The van der Waals surface area contributed by atoms with Crippen LogP contribution in [-0.4, -0.2) is 16.6 Å². The van der Waals surface area contributed by atoms with Gasteiger partial charge in [-0.15, -0.1) is 0 Å². The summed E-state index contributed by atoms with van der Waals surface area (Å²) < 4.78 is 0.969. The van der Waals surface area contributed by atoms with Gasteiger partial charge in [-0.1, -0.05) is 50.7 Å². The van der Waals surface area contributed by atoms with Crippen LogP contribution in [0.1, 0.15) is 39.5 Å². The number of thiocarbonyl (C=S) groups is 1. The van der Waals surface area contributed by atoms with Crippen LogP contribution in [0, 0.1) is 0 Å². The Kier molecular flexibility index (Phi) is 16.8. The third kappa shape index (κ3) is 13.2. The number of nitrogens with one attached hydrogen (secondary N) is 1. The van der Waals surface area contributed by atoms with E-state index in [-0.39, 0.29) is 27.3 Å². The summed E-state index contributed by atoms with van der Waals surface area (Å²) in [5.74, 6) is 1.16. The van der Waals surface area contributed by atoms with Crippen LogP contribution in [0.5, 0.6) is 0 Å². The average molecular weight is 318 g/mol. The van der Waals surface area contributed by atoms with E-state index in [1.807, 2.05) is 0 Å². The molecule has 13 heavy (non-hydrogen) atoms. The molecule has 0 aliphatic carbocycles. The molecule has 0 aliphatic rings. The second-order valence-electron chi connectivity index (χ2n) is 2.77. The van der Waals surface area contributed by atoms with Gasteiger partial charge in [0.15, 0.2) is 0 Å². The van der Waals surface area contributed by atoms with Crippen LogP contribution in [0.4, 0.5) is 0 Å². The van der Waals surface area contributed by atoms with Gasteiger partial charge in [-0.05, 0) is 12.8 Å². The Balaban J connectivity index is 0. The van der Waals surface area contributed by atoms with Crippen molar-refractivity contribution in [2.75, 3.05) is 12.3 Å². The van der Waals surface area contributed by atoms with Gasteiger partial charge in [0.1, 0.15) is 4.32 Å². The molecule has 4 heteroatoms. The summed E-state index contributed by atoms with van der Waals surface area (Å²) in [6.45, 7) is 5.43. The zero-order valence-corrected chi connectivity index (χ0v) is 14.4. The van der Waals surface area contributed by atoms with E-state index in [1.165, 1.54) is 25.7 Å². The molecule has 0 aromatic rings. The number of unbranched alkanes of at least 4 members (excludes halogenated alkanes) is 2. The van der Waals surface area contributed by atoms with Crippen molar-refractivity contribution in [2.24, 2.45) is 0 Å². The van der Waals surface area contributed by atoms with Crippen molar-refractivity contribution < 1.29 is 27.3 Å². The first-order chi connectivity index (χ1) is 5.81. The fourth-order valence-electron chi connectivity index (χ4n) is 0.727. The minimum absolute atomic E-state index is 0. The topological polar surface area (TPSA) is 12.0 Å². The molecule has 0 fully saturated rings. The Morgan fingerprint density at radius 1 is 1.23 bits per heavy atom. The van der Waals surface area contributed by atoms with Crippen molar-refractivity contribution in [3.63, 3.8) is 0 Å². The van der Waals surface area contributed by atoms with Crippen molar-refractivity contribution in [3.05, 3.63) is 0 Å². The molecule has 0 spiro atoms. The molecule has 0 aromatic carbocycles. The minimum atomic E-state index is 0. The Morgan fingerprint density at radius 2 is 1.85 bits per heavy atom. The van der Waals surface area contributed by atoms with Crippen LogP contribution < -0.4 is 5.32 Å². The summed E-state index contributed by atoms with van der Waals surface area (Å²) in [7, 11) is 0. The first kappa shape index (κ1) is 16.6. The van der Waals surface area contributed by atoms with Gasteiger partial charge in [-0.2, -0.15) is 0 Å². The molecule has 0 saturated heterocycles. The number of rotatable bonds is 6. The monoisotopic (exact) mass is 319 g/mol. The Morgan fingerprint density at radius 3 is 2.38 bits per heavy atom. The second-order valence-corrected chi connectivity index (χ2v) is 4.54. The number of hydrogen-bond acceptors (Lipinski definition) is 2. The summed E-state index contributed by atoms with van der Waals surface area (Å²) in [4.78, 5) is 0. The van der Waals surface area contributed by atoms with Crippen LogP contribution >= 0.6 is 24.0 Å². The van der Waals surface area contributed by atoms with E-state index in [2.05, 4.69) is 19.2 Å². The fourth-order valence-corrected chi connectivity index (χ4v) is 1.90. The van der Waals surface area contributed by atoms with Gasteiger partial charge in [0.25, 0.3) is 0 Å². The maximum Gasteiger partial charge on any atom is 0.133 e. The zero-order chi connectivity index (χ0) is 9.23. The Labute approximate surface area is 112 Å². The van der Waals surface area contributed by atoms with Gasteiger partial charge < -0.3 is 5.32 Å². The number of thioether (sulfide) groups is 1. The quantitative estimate of drug-likeness (QED) is 0.459. The van der Waals surface area contributed by atoms with Gasteiger partial charge in [-0.3, -0.25) is 0 Å². The van der Waals surface area contributed by atoms with Crippen molar-refractivity contribution in [2.45, 2.75) is 39.5 Å². The molecule has 0 rings (SSSR count). The molecule has 0 saturated carbocycles. The second kappa shape index (κ2) is 13.2. The molecular formula is C9H19CdNS2. The summed E-state index contributed by atoms with van der Waals surface area (Å²) in [5, 5.41) is 3.24. The van der Waals surface area contributed by atoms with Gasteiger partial charge in [0.05, 0.1) is 0 Å². The van der Waals surface area contributed by atoms with E-state index in [9.17, 15) is 0 Å². The van der Waals surface area contributed by atoms with Gasteiger partial charge in [0, 0.05) is 39.6 Å². The van der Waals surface area contributed by atoms with Crippen LogP contribution in [0.15, 0.2) is 0 Å². The van der Waals surface area contributed by atoms with Gasteiger partial charge in [0.2, 0.25) is 0 Å². The van der Waals surface area contributed by atoms with Crippen LogP contribution in [0.3, 0.4) is 0 Å². The summed E-state index contributed by atoms with van der Waals surface area (Å²) in [6, 6.07) is 0. The van der Waals surface area contributed by atoms with Gasteiger partial charge in [-0.25, -0.2) is 0 Å². The standard InChI is InChI=1S/C9H19NS2.Cd/c1-3-5-7-10-9(11)12-8-6-4-2;/h3-8H2,1-2H3,(H,10,11);. The molecule has 74 valence electrons. The van der Waals surface area contributed by atoms with E-state index < -0.39 is 0 Å². The maximum absolute atomic E-state index is 5.13. The molecular weight excluding hydrogens is 299 g/mol. The summed E-state index contributed by atoms with van der Waals surface area (Å²) in [5.41, 5.74) is 0. The summed E-state index contributed by atoms with van der Waals surface area (Å²) in [6.07, 6.45) is 4.97. The van der Waals surface area contributed by atoms with Crippen molar-refractivity contribution in [1.82, 2.24) is 5.32 Å². The molecule has 0 aliphatic heterocycles. The van der Waals surface area contributed by atoms with Crippen LogP contribution in [0.2, 0.25) is 0 Å². The van der Waals surface area contributed by atoms with E-state index >= 15 is 0 Å². The fraction of sp³-hybridized carbons (Fsp3) is 0.889. The first-order valence-corrected chi connectivity index (χ1v) is 6.11. The number of hydrogen-bond donors (Lipinski definition) is 1. The maximum atomic E-state index is 5.13. The summed E-state index contributed by atoms with van der Waals surface area (Å²) >= 11 is 6.90. The molecule has 0 atom stereocenters. The Hall–Kier alpha value is 1.16. The largest absolute Gasteiger partial charge is 0.371 e. The first-order valence-electron chi connectivity index (χ1n) is 4.71. The van der Waals surface area contributed by atoms with Crippen molar-refractivity contribution >= 4 is 28.3 Å². The predicted molar refractivity (Wildman–Crippen MR) is 62.9 cm³/mol. The predicted octanol–water partition coefficient (Wildman–Crippen LogP) is 3.19. The molecule has 1 N–H and O–H groups in total. The molecule has 0 heterocycles. The molecule has 0 amide bonds. The molecule has 0 bridgehead atoms. The third-order valence-corrected chi connectivity index (χ3v) is 2.93. The minimum Gasteiger partial charge on any atom is -0.371 e. The van der Waals surface area contributed by atoms with Crippen molar-refractivity contribution in [1.29, 1.82) is 0 Å². The molecule has 1 nitrogen and oxygen atoms in total. The van der Waals surface area contributed by atoms with E-state index in [0.717, 1.165) is 16.6 Å². The molecule has 0 unspecified atom stereocenters. The normalized spacial score (nSPS) is 9.08. The van der Waals surface area contributed by atoms with Gasteiger partial charge >= 0.3 is 0 Å². The van der Waals surface area contributed by atoms with E-state index in [4.69, 9.17) is 12.2 Å². The average Bonchev–Trinajstić information content (AvgIpc) is 2.06. The molecule has 0 aromatic heterocycles. The van der Waals surface area contributed by atoms with Crippen LogP contribution in [0.25, 0.3) is 0 Å². The van der Waals surface area contributed by atoms with Crippen molar-refractivity contribution in [3.8, 4) is 0 Å². The zero-order valence-electron chi connectivity index (χ0n) is 8.77. The smallest absolute Gasteiger partial charge is 0.133 e. The third-order valence-electron chi connectivity index (χ3n) is 1.53. The van der Waals surface area contributed by atoms with E-state index in [1.54, 1.807) is 11.8 Å². The van der Waals surface area contributed by atoms with E-state index in [0.29, 0.717) is 0 Å².